The molecule has 4 rings (SSSR count). The summed E-state index contributed by atoms with van der Waals surface area (Å²) in [5, 5.41) is 18.5. The number of hydrogen-bond donors (Lipinski definition) is 2. The first-order valence-corrected chi connectivity index (χ1v) is 19.7. The number of ketones is 2. The van der Waals surface area contributed by atoms with Crippen LogP contribution in [-0.2, 0) is 30.1 Å². The summed E-state index contributed by atoms with van der Waals surface area (Å²) >= 11 is 0. The van der Waals surface area contributed by atoms with Gasteiger partial charge < -0.3 is 14.6 Å². The zero-order valence-electron chi connectivity index (χ0n) is 31.2. The Morgan fingerprint density at radius 2 is 1.15 bits per heavy atom. The topological polar surface area (TPSA) is 83.8 Å². The molecule has 2 N–H and O–H groups in total. The molecule has 0 bridgehead atoms. The average Bonchev–Trinajstić information content (AvgIpc) is 3.38. The van der Waals surface area contributed by atoms with Crippen LogP contribution in [0.15, 0.2) is 12.1 Å². The van der Waals surface area contributed by atoms with Crippen molar-refractivity contribution >= 4 is 19.9 Å². The summed E-state index contributed by atoms with van der Waals surface area (Å²) in [6.07, 6.45) is 3.89. The van der Waals surface area contributed by atoms with Crippen LogP contribution in [0.25, 0.3) is 0 Å². The Bertz CT molecular complexity index is 1430. The van der Waals surface area contributed by atoms with Crippen molar-refractivity contribution in [3.05, 3.63) is 67.8 Å². The normalized spacial score (nSPS) is 20.9. The molecule has 0 saturated carbocycles. The van der Waals surface area contributed by atoms with Crippen LogP contribution in [-0.4, -0.2) is 49.9 Å². The average molecular weight is 651 g/mol. The lowest BCUT2D eigenvalue weighted by atomic mass is 9.83. The summed E-state index contributed by atoms with van der Waals surface area (Å²) in [4.78, 5) is 25.5. The lowest BCUT2D eigenvalue weighted by Gasteiger charge is -2.42. The van der Waals surface area contributed by atoms with Crippen molar-refractivity contribution in [2.75, 3.05) is 19.8 Å². The highest BCUT2D eigenvalue weighted by Crippen LogP contribution is 2.44. The minimum Gasteiger partial charge on any atom is -0.416 e. The number of rotatable bonds is 11. The molecular formula is C40H62O5Si. The molecule has 0 saturated heterocycles. The van der Waals surface area contributed by atoms with Gasteiger partial charge in [-0.2, -0.15) is 0 Å². The lowest BCUT2D eigenvalue weighted by molar-refractivity contribution is 0.0721. The first kappa shape index (κ1) is 38.3. The molecule has 2 aromatic carbocycles. The highest BCUT2D eigenvalue weighted by atomic mass is 28.4. The molecule has 0 aliphatic heterocycles. The van der Waals surface area contributed by atoms with E-state index in [1.165, 1.54) is 22.3 Å². The standard InChI is InChI=1S/C25H42O2Si.C15H20O3/c1-11-25(10)15-21-14-19(8)22(20(9)23(21)24(25)26)12-13-27-28(16(2)3,17(4)5)18(6)7;1-9-6-11-7-15(3,8-17)14(18)13(11)10(2)12(9)4-5-16/h14,16-18H,11-13,15H2,1-10H3;6,16-17H,4-5,7-8H2,1-3H3. The Kier molecular flexibility index (Phi) is 12.1. The summed E-state index contributed by atoms with van der Waals surface area (Å²) in [5.41, 5.74) is 12.0. The number of fused-ring (bicyclic) bond motifs is 2. The quantitative estimate of drug-likeness (QED) is 0.238. The summed E-state index contributed by atoms with van der Waals surface area (Å²) in [7, 11) is -1.85. The minimum atomic E-state index is -1.85. The molecule has 0 aromatic heterocycles. The second kappa shape index (κ2) is 14.6. The van der Waals surface area contributed by atoms with Crippen molar-refractivity contribution in [3.8, 4) is 0 Å². The first-order chi connectivity index (χ1) is 21.4. The van der Waals surface area contributed by atoms with Crippen LogP contribution < -0.4 is 0 Å². The van der Waals surface area contributed by atoms with Crippen LogP contribution in [0.4, 0.5) is 0 Å². The molecule has 5 nitrogen and oxygen atoms in total. The smallest absolute Gasteiger partial charge is 0.200 e. The Labute approximate surface area is 280 Å². The van der Waals surface area contributed by atoms with Gasteiger partial charge in [0.05, 0.1) is 12.0 Å². The lowest BCUT2D eigenvalue weighted by Crippen LogP contribution is -2.48. The van der Waals surface area contributed by atoms with Gasteiger partial charge in [-0.15, -0.1) is 0 Å². The van der Waals surface area contributed by atoms with Gasteiger partial charge in [-0.3, -0.25) is 9.59 Å². The third-order valence-corrected chi connectivity index (χ3v) is 17.8. The molecule has 2 aromatic rings. The number of carbonyl (C=O) groups is 2. The number of carbonyl (C=O) groups excluding carboxylic acids is 2. The van der Waals surface area contributed by atoms with Gasteiger partial charge in [0.25, 0.3) is 0 Å². The van der Waals surface area contributed by atoms with E-state index in [-0.39, 0.29) is 24.4 Å². The Morgan fingerprint density at radius 3 is 1.54 bits per heavy atom. The van der Waals surface area contributed by atoms with E-state index < -0.39 is 13.7 Å². The molecule has 0 spiro atoms. The van der Waals surface area contributed by atoms with Crippen LogP contribution in [0.3, 0.4) is 0 Å². The molecule has 256 valence electrons. The van der Waals surface area contributed by atoms with Gasteiger partial charge in [-0.1, -0.05) is 67.5 Å². The molecule has 46 heavy (non-hydrogen) atoms. The van der Waals surface area contributed by atoms with Crippen molar-refractivity contribution in [2.45, 2.75) is 139 Å². The predicted molar refractivity (Wildman–Crippen MR) is 193 cm³/mol. The SMILES string of the molecule is CCC1(C)Cc2cc(C)c(CCO[Si](C(C)C)(C(C)C)C(C)C)c(C)c2C1=O.Cc1cc2c(c(C)c1CCO)C(=O)C(C)(CO)C2. The summed E-state index contributed by atoms with van der Waals surface area (Å²) in [6.45, 7) is 29.1. The maximum Gasteiger partial charge on any atom is 0.200 e. The molecule has 2 atom stereocenters. The molecule has 0 fully saturated rings. The van der Waals surface area contributed by atoms with Gasteiger partial charge in [0.1, 0.15) is 0 Å². The Balaban J connectivity index is 0.000000275. The summed E-state index contributed by atoms with van der Waals surface area (Å²) < 4.78 is 6.79. The molecule has 6 heteroatoms. The fourth-order valence-electron chi connectivity index (χ4n) is 8.86. The van der Waals surface area contributed by atoms with Gasteiger partial charge in [0, 0.05) is 29.8 Å². The second-order valence-electron chi connectivity index (χ2n) is 15.7. The number of benzene rings is 2. The number of aryl methyl sites for hydroxylation is 2. The molecule has 2 unspecified atom stereocenters. The van der Waals surface area contributed by atoms with Gasteiger partial charge in [-0.25, -0.2) is 0 Å². The number of hydrogen-bond acceptors (Lipinski definition) is 5. The maximum atomic E-state index is 13.1. The number of aliphatic hydroxyl groups excluding tert-OH is 2. The number of aliphatic hydroxyl groups is 2. The zero-order chi connectivity index (χ0) is 34.9. The van der Waals surface area contributed by atoms with Crippen LogP contribution in [0.5, 0.6) is 0 Å². The van der Waals surface area contributed by atoms with Crippen molar-refractivity contribution < 1.29 is 24.2 Å². The fraction of sp³-hybridized carbons (Fsp3) is 0.650. The molecule has 0 radical (unpaired) electrons. The Morgan fingerprint density at radius 1 is 0.739 bits per heavy atom. The van der Waals surface area contributed by atoms with Crippen molar-refractivity contribution in [2.24, 2.45) is 10.8 Å². The van der Waals surface area contributed by atoms with E-state index in [9.17, 15) is 14.7 Å². The van der Waals surface area contributed by atoms with Crippen molar-refractivity contribution in [3.63, 3.8) is 0 Å². The first-order valence-electron chi connectivity index (χ1n) is 17.6. The van der Waals surface area contributed by atoms with Gasteiger partial charge in [0.2, 0.25) is 0 Å². The van der Waals surface area contributed by atoms with E-state index in [2.05, 4.69) is 75.3 Å². The van der Waals surface area contributed by atoms with Crippen LogP contribution in [0.1, 0.15) is 134 Å². The monoisotopic (exact) mass is 650 g/mol. The fourth-order valence-corrected chi connectivity index (χ4v) is 14.3. The van der Waals surface area contributed by atoms with Crippen molar-refractivity contribution in [1.82, 2.24) is 0 Å². The molecule has 2 aliphatic carbocycles. The van der Waals surface area contributed by atoms with E-state index >= 15 is 0 Å². The molecule has 0 heterocycles. The zero-order valence-corrected chi connectivity index (χ0v) is 32.2. The van der Waals surface area contributed by atoms with E-state index in [1.807, 2.05) is 26.8 Å². The summed E-state index contributed by atoms with van der Waals surface area (Å²) in [5.74, 6) is 0.386. The highest BCUT2D eigenvalue weighted by Gasteiger charge is 2.46. The minimum absolute atomic E-state index is 0.0386. The predicted octanol–water partition coefficient (Wildman–Crippen LogP) is 8.77. The van der Waals surface area contributed by atoms with Crippen LogP contribution >= 0.6 is 0 Å². The largest absolute Gasteiger partial charge is 0.416 e. The van der Waals surface area contributed by atoms with Gasteiger partial charge >= 0.3 is 0 Å². The van der Waals surface area contributed by atoms with E-state index in [4.69, 9.17) is 9.53 Å². The van der Waals surface area contributed by atoms with E-state index in [1.54, 1.807) is 0 Å². The van der Waals surface area contributed by atoms with E-state index in [0.717, 1.165) is 59.3 Å². The second-order valence-corrected chi connectivity index (χ2v) is 21.2. The third kappa shape index (κ3) is 6.74. The summed E-state index contributed by atoms with van der Waals surface area (Å²) in [6, 6.07) is 4.31. The maximum absolute atomic E-state index is 13.1. The third-order valence-electron chi connectivity index (χ3n) is 11.6. The molecular weight excluding hydrogens is 589 g/mol. The van der Waals surface area contributed by atoms with Crippen LogP contribution in [0.2, 0.25) is 16.6 Å². The van der Waals surface area contributed by atoms with Gasteiger partial charge in [-0.05, 0) is 128 Å². The van der Waals surface area contributed by atoms with Crippen LogP contribution in [0, 0.1) is 38.5 Å². The molecule has 0 amide bonds. The highest BCUT2D eigenvalue weighted by molar-refractivity contribution is 6.77. The molecule has 2 aliphatic rings. The van der Waals surface area contributed by atoms with Gasteiger partial charge in [0.15, 0.2) is 19.9 Å². The Hall–Kier alpha value is -2.12. The van der Waals surface area contributed by atoms with Crippen molar-refractivity contribution in [1.29, 1.82) is 0 Å². The van der Waals surface area contributed by atoms with E-state index in [0.29, 0.717) is 35.2 Å². The number of Topliss-reactive ketones (excluding diaryl/α,β-unsaturated/α-hetero) is 2.